The van der Waals surface area contributed by atoms with E-state index in [9.17, 15) is 0 Å². The number of rotatable bonds is 8. The lowest BCUT2D eigenvalue weighted by Gasteiger charge is -2.16. The highest BCUT2D eigenvalue weighted by Gasteiger charge is 2.12. The SMILES string of the molecule is CCCn1ccnc1CC(CCc1cccc(C)c1)NN. The van der Waals surface area contributed by atoms with Gasteiger partial charge in [0.05, 0.1) is 0 Å². The Labute approximate surface area is 127 Å². The van der Waals surface area contributed by atoms with Gasteiger partial charge in [-0.05, 0) is 31.7 Å². The Morgan fingerprint density at radius 2 is 2.24 bits per heavy atom. The third-order valence-electron chi connectivity index (χ3n) is 3.79. The lowest BCUT2D eigenvalue weighted by molar-refractivity contribution is 0.470. The highest BCUT2D eigenvalue weighted by atomic mass is 15.2. The Kier molecular flexibility index (Phi) is 5.96. The van der Waals surface area contributed by atoms with Crippen molar-refractivity contribution in [1.82, 2.24) is 15.0 Å². The Hall–Kier alpha value is -1.65. The van der Waals surface area contributed by atoms with Crippen LogP contribution in [0.5, 0.6) is 0 Å². The zero-order chi connectivity index (χ0) is 15.1. The monoisotopic (exact) mass is 286 g/mol. The first-order valence-corrected chi connectivity index (χ1v) is 7.74. The molecule has 0 aliphatic carbocycles. The fourth-order valence-electron chi connectivity index (χ4n) is 2.65. The second kappa shape index (κ2) is 7.96. The number of aryl methyl sites for hydroxylation is 3. The van der Waals surface area contributed by atoms with Gasteiger partial charge >= 0.3 is 0 Å². The lowest BCUT2D eigenvalue weighted by Crippen LogP contribution is -2.37. The van der Waals surface area contributed by atoms with Crippen LogP contribution in [0.1, 0.15) is 36.7 Å². The highest BCUT2D eigenvalue weighted by Crippen LogP contribution is 2.11. The van der Waals surface area contributed by atoms with Crippen molar-refractivity contribution in [2.75, 3.05) is 0 Å². The van der Waals surface area contributed by atoms with Gasteiger partial charge in [0, 0.05) is 31.4 Å². The molecule has 0 saturated heterocycles. The van der Waals surface area contributed by atoms with Gasteiger partial charge in [-0.3, -0.25) is 11.3 Å². The normalized spacial score (nSPS) is 12.5. The van der Waals surface area contributed by atoms with E-state index in [-0.39, 0.29) is 6.04 Å². The lowest BCUT2D eigenvalue weighted by atomic mass is 10.0. The number of nitrogens with two attached hydrogens (primary N) is 1. The van der Waals surface area contributed by atoms with E-state index in [0.29, 0.717) is 0 Å². The molecule has 0 amide bonds. The van der Waals surface area contributed by atoms with Crippen molar-refractivity contribution >= 4 is 0 Å². The van der Waals surface area contributed by atoms with Crippen LogP contribution in [0.15, 0.2) is 36.7 Å². The molecule has 1 unspecified atom stereocenters. The van der Waals surface area contributed by atoms with Gasteiger partial charge in [-0.25, -0.2) is 4.98 Å². The zero-order valence-electron chi connectivity index (χ0n) is 13.0. The predicted octanol–water partition coefficient (Wildman–Crippen LogP) is 2.61. The molecule has 0 fully saturated rings. The summed E-state index contributed by atoms with van der Waals surface area (Å²) in [7, 11) is 0. The minimum Gasteiger partial charge on any atom is -0.335 e. The van der Waals surface area contributed by atoms with Crippen molar-refractivity contribution in [2.45, 2.75) is 52.1 Å². The van der Waals surface area contributed by atoms with Gasteiger partial charge in [-0.2, -0.15) is 0 Å². The van der Waals surface area contributed by atoms with Crippen molar-refractivity contribution in [2.24, 2.45) is 5.84 Å². The topological polar surface area (TPSA) is 55.9 Å². The first-order chi connectivity index (χ1) is 10.2. The van der Waals surface area contributed by atoms with E-state index in [0.717, 1.165) is 38.1 Å². The van der Waals surface area contributed by atoms with Crippen LogP contribution in [-0.4, -0.2) is 15.6 Å². The smallest absolute Gasteiger partial charge is 0.110 e. The van der Waals surface area contributed by atoms with Crippen molar-refractivity contribution in [3.05, 3.63) is 53.6 Å². The van der Waals surface area contributed by atoms with E-state index in [4.69, 9.17) is 5.84 Å². The molecule has 0 aliphatic rings. The van der Waals surface area contributed by atoms with Gasteiger partial charge in [0.25, 0.3) is 0 Å². The molecule has 21 heavy (non-hydrogen) atoms. The number of hydrogen-bond donors (Lipinski definition) is 2. The van der Waals surface area contributed by atoms with Gasteiger partial charge in [-0.1, -0.05) is 36.8 Å². The summed E-state index contributed by atoms with van der Waals surface area (Å²) in [5, 5.41) is 0. The molecular weight excluding hydrogens is 260 g/mol. The number of imidazole rings is 1. The molecule has 1 heterocycles. The first kappa shape index (κ1) is 15.7. The number of benzene rings is 1. The molecule has 2 aromatic rings. The van der Waals surface area contributed by atoms with Crippen LogP contribution in [-0.2, 0) is 19.4 Å². The van der Waals surface area contributed by atoms with Crippen LogP contribution in [0.2, 0.25) is 0 Å². The van der Waals surface area contributed by atoms with Crippen LogP contribution < -0.4 is 11.3 Å². The Morgan fingerprint density at radius 3 is 2.95 bits per heavy atom. The summed E-state index contributed by atoms with van der Waals surface area (Å²) in [4.78, 5) is 4.46. The highest BCUT2D eigenvalue weighted by molar-refractivity contribution is 5.22. The average Bonchev–Trinajstić information content (AvgIpc) is 2.91. The minimum atomic E-state index is 0.253. The molecule has 0 aliphatic heterocycles. The summed E-state index contributed by atoms with van der Waals surface area (Å²) in [5.41, 5.74) is 5.62. The zero-order valence-corrected chi connectivity index (χ0v) is 13.0. The first-order valence-electron chi connectivity index (χ1n) is 7.74. The van der Waals surface area contributed by atoms with Gasteiger partial charge in [0.1, 0.15) is 5.82 Å². The van der Waals surface area contributed by atoms with Crippen LogP contribution >= 0.6 is 0 Å². The maximum atomic E-state index is 5.72. The maximum Gasteiger partial charge on any atom is 0.110 e. The summed E-state index contributed by atoms with van der Waals surface area (Å²) in [6, 6.07) is 8.92. The Morgan fingerprint density at radius 1 is 1.38 bits per heavy atom. The Bertz CT molecular complexity index is 547. The van der Waals surface area contributed by atoms with Gasteiger partial charge in [-0.15, -0.1) is 0 Å². The predicted molar refractivity (Wildman–Crippen MR) is 86.8 cm³/mol. The number of nitrogens with zero attached hydrogens (tertiary/aromatic N) is 2. The molecule has 0 saturated carbocycles. The summed E-state index contributed by atoms with van der Waals surface area (Å²) in [6.45, 7) is 5.33. The van der Waals surface area contributed by atoms with Gasteiger partial charge < -0.3 is 4.57 Å². The van der Waals surface area contributed by atoms with Crippen molar-refractivity contribution in [1.29, 1.82) is 0 Å². The fraction of sp³-hybridized carbons (Fsp3) is 0.471. The number of hydrogen-bond acceptors (Lipinski definition) is 3. The van der Waals surface area contributed by atoms with E-state index in [1.807, 2.05) is 12.4 Å². The van der Waals surface area contributed by atoms with Crippen molar-refractivity contribution < 1.29 is 0 Å². The van der Waals surface area contributed by atoms with E-state index >= 15 is 0 Å². The van der Waals surface area contributed by atoms with Crippen LogP contribution in [0.3, 0.4) is 0 Å². The summed E-state index contributed by atoms with van der Waals surface area (Å²) < 4.78 is 2.22. The molecule has 4 nitrogen and oxygen atoms in total. The molecule has 0 radical (unpaired) electrons. The largest absolute Gasteiger partial charge is 0.335 e. The second-order valence-corrected chi connectivity index (χ2v) is 5.63. The van der Waals surface area contributed by atoms with Crippen molar-refractivity contribution in [3.8, 4) is 0 Å². The fourth-order valence-corrected chi connectivity index (χ4v) is 2.65. The van der Waals surface area contributed by atoms with Crippen LogP contribution in [0.25, 0.3) is 0 Å². The summed E-state index contributed by atoms with van der Waals surface area (Å²) in [5.74, 6) is 6.84. The molecule has 2 rings (SSSR count). The molecule has 0 bridgehead atoms. The van der Waals surface area contributed by atoms with E-state index in [1.165, 1.54) is 11.1 Å². The second-order valence-electron chi connectivity index (χ2n) is 5.63. The molecule has 0 spiro atoms. The third-order valence-corrected chi connectivity index (χ3v) is 3.79. The third kappa shape index (κ3) is 4.69. The standard InChI is InChI=1S/C17H26N4/c1-3-10-21-11-9-19-17(21)13-16(20-18)8-7-15-6-4-5-14(2)12-15/h4-6,9,11-12,16,20H,3,7-8,10,13,18H2,1-2H3. The van der Waals surface area contributed by atoms with Crippen LogP contribution in [0, 0.1) is 6.92 Å². The Balaban J connectivity index is 1.92. The maximum absolute atomic E-state index is 5.72. The molecular formula is C17H26N4. The van der Waals surface area contributed by atoms with Gasteiger partial charge in [0.15, 0.2) is 0 Å². The summed E-state index contributed by atoms with van der Waals surface area (Å²) >= 11 is 0. The molecule has 1 aromatic carbocycles. The van der Waals surface area contributed by atoms with Crippen LogP contribution in [0.4, 0.5) is 0 Å². The van der Waals surface area contributed by atoms with E-state index in [1.54, 1.807) is 0 Å². The quantitative estimate of drug-likeness (QED) is 0.579. The number of hydrazine groups is 1. The molecule has 3 N–H and O–H groups in total. The molecule has 1 atom stereocenters. The number of aromatic nitrogens is 2. The molecule has 1 aromatic heterocycles. The van der Waals surface area contributed by atoms with E-state index in [2.05, 4.69) is 53.1 Å². The summed E-state index contributed by atoms with van der Waals surface area (Å²) in [6.07, 6.45) is 7.96. The van der Waals surface area contributed by atoms with E-state index < -0.39 is 0 Å². The van der Waals surface area contributed by atoms with Crippen molar-refractivity contribution in [3.63, 3.8) is 0 Å². The minimum absolute atomic E-state index is 0.253. The number of nitrogens with one attached hydrogen (secondary N) is 1. The van der Waals surface area contributed by atoms with Gasteiger partial charge in [0.2, 0.25) is 0 Å². The molecule has 114 valence electrons. The average molecular weight is 286 g/mol. The molecule has 4 heteroatoms.